The topological polar surface area (TPSA) is 80.9 Å². The van der Waals surface area contributed by atoms with Crippen molar-refractivity contribution in [3.05, 3.63) is 63.5 Å². The van der Waals surface area contributed by atoms with Crippen molar-refractivity contribution in [1.29, 1.82) is 0 Å². The molecule has 4 rings (SSSR count). The highest BCUT2D eigenvalue weighted by molar-refractivity contribution is 5.82. The predicted octanol–water partition coefficient (Wildman–Crippen LogP) is 4.32. The van der Waals surface area contributed by atoms with Gasteiger partial charge in [0, 0.05) is 30.1 Å². The van der Waals surface area contributed by atoms with Gasteiger partial charge in [0.25, 0.3) is 0 Å². The van der Waals surface area contributed by atoms with E-state index in [1.165, 1.54) is 12.1 Å². The number of nitrogens with one attached hydrogen (secondary N) is 1. The molecule has 6 nitrogen and oxygen atoms in total. The second-order valence-electron chi connectivity index (χ2n) is 7.93. The summed E-state index contributed by atoms with van der Waals surface area (Å²) in [6, 6.07) is 11.0. The van der Waals surface area contributed by atoms with E-state index in [-0.39, 0.29) is 11.8 Å². The zero-order valence-corrected chi connectivity index (χ0v) is 17.5. The van der Waals surface area contributed by atoms with Crippen molar-refractivity contribution in [2.45, 2.75) is 39.8 Å². The van der Waals surface area contributed by atoms with Crippen LogP contribution in [0.25, 0.3) is 11.0 Å². The third-order valence-corrected chi connectivity index (χ3v) is 5.51. The van der Waals surface area contributed by atoms with Crippen LogP contribution in [-0.2, 0) is 13.0 Å². The molecule has 1 aliphatic rings. The lowest BCUT2D eigenvalue weighted by atomic mass is 9.95. The minimum Gasteiger partial charge on any atom is -0.508 e. The molecule has 0 amide bonds. The molecule has 1 atom stereocenters. The fraction of sp³-hybridized carbons (Fsp3) is 0.375. The number of rotatable bonds is 6. The van der Waals surface area contributed by atoms with Crippen LogP contribution >= 0.6 is 0 Å². The Labute approximate surface area is 175 Å². The summed E-state index contributed by atoms with van der Waals surface area (Å²) in [5, 5.41) is 14.6. The summed E-state index contributed by atoms with van der Waals surface area (Å²) in [7, 11) is 0. The Morgan fingerprint density at radius 1 is 1.03 bits per heavy atom. The van der Waals surface area contributed by atoms with Crippen molar-refractivity contribution in [3.63, 3.8) is 0 Å². The van der Waals surface area contributed by atoms with Crippen molar-refractivity contribution in [1.82, 2.24) is 5.32 Å². The van der Waals surface area contributed by atoms with E-state index in [0.29, 0.717) is 37.7 Å². The van der Waals surface area contributed by atoms with E-state index in [1.807, 2.05) is 25.1 Å². The Morgan fingerprint density at radius 2 is 1.80 bits per heavy atom. The molecule has 0 radical (unpaired) electrons. The number of phenolic OH excluding ortho intramolecular Hbond substituents is 1. The van der Waals surface area contributed by atoms with Crippen molar-refractivity contribution in [2.24, 2.45) is 5.92 Å². The molecule has 0 saturated heterocycles. The number of ether oxygens (including phenoxy) is 2. The second-order valence-corrected chi connectivity index (χ2v) is 7.93. The maximum Gasteiger partial charge on any atom is 0.336 e. The van der Waals surface area contributed by atoms with E-state index in [4.69, 9.17) is 13.9 Å². The molecular formula is C24H27NO5. The molecule has 0 saturated carbocycles. The van der Waals surface area contributed by atoms with Crippen molar-refractivity contribution < 1.29 is 19.0 Å². The van der Waals surface area contributed by atoms with E-state index >= 15 is 0 Å². The Morgan fingerprint density at radius 3 is 2.53 bits per heavy atom. The fourth-order valence-corrected chi connectivity index (χ4v) is 3.95. The van der Waals surface area contributed by atoms with Gasteiger partial charge in [0.2, 0.25) is 0 Å². The summed E-state index contributed by atoms with van der Waals surface area (Å²) in [5.41, 5.74) is 2.75. The Hall–Kier alpha value is -2.99. The van der Waals surface area contributed by atoms with Crippen LogP contribution in [0.5, 0.6) is 17.2 Å². The molecule has 158 valence electrons. The molecule has 0 bridgehead atoms. The van der Waals surface area contributed by atoms with Gasteiger partial charge in [0.1, 0.15) is 24.5 Å². The molecule has 0 unspecified atom stereocenters. The van der Waals surface area contributed by atoms with Gasteiger partial charge in [-0.25, -0.2) is 4.79 Å². The van der Waals surface area contributed by atoms with Crippen LogP contribution in [0.15, 0.2) is 45.6 Å². The third-order valence-electron chi connectivity index (χ3n) is 5.51. The van der Waals surface area contributed by atoms with Gasteiger partial charge in [-0.3, -0.25) is 0 Å². The van der Waals surface area contributed by atoms with Gasteiger partial charge in [0.05, 0.1) is 0 Å². The van der Waals surface area contributed by atoms with Crippen LogP contribution in [0.4, 0.5) is 0 Å². The highest BCUT2D eigenvalue weighted by atomic mass is 16.6. The number of hydrogen-bond acceptors (Lipinski definition) is 6. The smallest absolute Gasteiger partial charge is 0.336 e. The molecular weight excluding hydrogens is 382 g/mol. The van der Waals surface area contributed by atoms with Gasteiger partial charge in [-0.1, -0.05) is 26.8 Å². The van der Waals surface area contributed by atoms with Gasteiger partial charge in [-0.05, 0) is 47.2 Å². The molecule has 3 aromatic rings. The quantitative estimate of drug-likeness (QED) is 0.590. The maximum atomic E-state index is 12.1. The molecule has 2 heterocycles. The number of benzene rings is 2. The van der Waals surface area contributed by atoms with Gasteiger partial charge >= 0.3 is 5.63 Å². The van der Waals surface area contributed by atoms with E-state index in [2.05, 4.69) is 25.2 Å². The highest BCUT2D eigenvalue weighted by Crippen LogP contribution is 2.35. The van der Waals surface area contributed by atoms with Crippen LogP contribution in [-0.4, -0.2) is 18.3 Å². The summed E-state index contributed by atoms with van der Waals surface area (Å²) in [6.07, 6.45) is 0.694. The average molecular weight is 409 g/mol. The first-order chi connectivity index (χ1) is 14.5. The lowest BCUT2D eigenvalue weighted by molar-refractivity contribution is 0.171. The SMILES string of the molecule is CCc1cc2c(CN[C@@H](c3ccc4c(c3)OCCO4)C(C)C)cc(=O)oc2cc1O. The van der Waals surface area contributed by atoms with E-state index < -0.39 is 5.63 Å². The summed E-state index contributed by atoms with van der Waals surface area (Å²) >= 11 is 0. The van der Waals surface area contributed by atoms with Crippen molar-refractivity contribution >= 4 is 11.0 Å². The Bertz CT molecular complexity index is 1120. The summed E-state index contributed by atoms with van der Waals surface area (Å²) < 4.78 is 16.7. The van der Waals surface area contributed by atoms with E-state index in [1.54, 1.807) is 0 Å². The van der Waals surface area contributed by atoms with Crippen molar-refractivity contribution in [3.8, 4) is 17.2 Å². The first-order valence-corrected chi connectivity index (χ1v) is 10.4. The van der Waals surface area contributed by atoms with Crippen LogP contribution < -0.4 is 20.4 Å². The molecule has 0 spiro atoms. The number of fused-ring (bicyclic) bond motifs is 2. The lowest BCUT2D eigenvalue weighted by Crippen LogP contribution is -2.26. The molecule has 2 aromatic carbocycles. The minimum atomic E-state index is -0.427. The van der Waals surface area contributed by atoms with Crippen LogP contribution in [0, 0.1) is 5.92 Å². The average Bonchev–Trinajstić information content (AvgIpc) is 2.73. The molecule has 1 aliphatic heterocycles. The van der Waals surface area contributed by atoms with Gasteiger partial charge in [0.15, 0.2) is 11.5 Å². The molecule has 1 aromatic heterocycles. The van der Waals surface area contributed by atoms with Crippen LogP contribution in [0.3, 0.4) is 0 Å². The minimum absolute atomic E-state index is 0.0610. The van der Waals surface area contributed by atoms with Gasteiger partial charge in [-0.2, -0.15) is 0 Å². The largest absolute Gasteiger partial charge is 0.508 e. The number of hydrogen-bond donors (Lipinski definition) is 2. The summed E-state index contributed by atoms with van der Waals surface area (Å²) in [6.45, 7) is 7.89. The van der Waals surface area contributed by atoms with Crippen molar-refractivity contribution in [2.75, 3.05) is 13.2 Å². The Balaban J connectivity index is 1.65. The monoisotopic (exact) mass is 409 g/mol. The maximum absolute atomic E-state index is 12.1. The molecule has 0 aliphatic carbocycles. The molecule has 0 fully saturated rings. The number of phenols is 1. The lowest BCUT2D eigenvalue weighted by Gasteiger charge is -2.26. The number of aryl methyl sites for hydroxylation is 1. The van der Waals surface area contributed by atoms with Gasteiger partial charge < -0.3 is 24.3 Å². The normalized spacial score (nSPS) is 14.3. The Kier molecular flexibility index (Phi) is 5.68. The van der Waals surface area contributed by atoms with E-state index in [0.717, 1.165) is 33.6 Å². The first-order valence-electron chi connectivity index (χ1n) is 10.4. The number of aromatic hydroxyl groups is 1. The fourth-order valence-electron chi connectivity index (χ4n) is 3.95. The second kappa shape index (κ2) is 8.40. The molecule has 2 N–H and O–H groups in total. The summed E-state index contributed by atoms with van der Waals surface area (Å²) in [4.78, 5) is 12.1. The third kappa shape index (κ3) is 4.00. The van der Waals surface area contributed by atoms with Gasteiger partial charge in [-0.15, -0.1) is 0 Å². The molecule has 30 heavy (non-hydrogen) atoms. The van der Waals surface area contributed by atoms with Crippen LogP contribution in [0.1, 0.15) is 43.5 Å². The zero-order valence-electron chi connectivity index (χ0n) is 17.5. The van der Waals surface area contributed by atoms with Crippen LogP contribution in [0.2, 0.25) is 0 Å². The molecule has 6 heteroatoms. The standard InChI is InChI=1S/C24H27NO5/c1-4-15-9-18-17(11-23(27)30-21(18)12-19(15)26)13-25-24(14(2)3)16-5-6-20-22(10-16)29-8-7-28-20/h5-6,9-12,14,24-26H,4,7-8,13H2,1-3H3/t24-/m1/s1. The predicted molar refractivity (Wildman–Crippen MR) is 115 cm³/mol. The zero-order chi connectivity index (χ0) is 21.3. The summed E-state index contributed by atoms with van der Waals surface area (Å²) in [5.74, 6) is 2.00. The first kappa shape index (κ1) is 20.3. The van der Waals surface area contributed by atoms with E-state index in [9.17, 15) is 9.90 Å². The highest BCUT2D eigenvalue weighted by Gasteiger charge is 2.20.